The number of nitrogens with zero attached hydrogens (tertiary/aromatic N) is 2. The maximum absolute atomic E-state index is 11.0. The van der Waals surface area contributed by atoms with E-state index in [9.17, 15) is 14.5 Å². The fourth-order valence-corrected chi connectivity index (χ4v) is 0.898. The number of rotatable bonds is 0. The topological polar surface area (TPSA) is 94.9 Å². The van der Waals surface area contributed by atoms with Gasteiger partial charge in [0.1, 0.15) is 0 Å². The van der Waals surface area contributed by atoms with E-state index in [0.717, 1.165) is 0 Å². The number of H-pyrrole nitrogens is 1. The SMILES string of the molecule is O=C1Nc2nc[nH]c2C(=O)[N+]1=O. The normalized spacial score (nSPS) is 15.8. The highest BCUT2D eigenvalue weighted by Crippen LogP contribution is 2.15. The number of nitrogens with one attached hydrogen (secondary N) is 2. The summed E-state index contributed by atoms with van der Waals surface area (Å²) in [4.78, 5) is 38.4. The number of carbonyl (C=O) groups is 2. The van der Waals surface area contributed by atoms with Gasteiger partial charge < -0.3 is 4.98 Å². The van der Waals surface area contributed by atoms with Crippen LogP contribution in [0.4, 0.5) is 10.6 Å². The summed E-state index contributed by atoms with van der Waals surface area (Å²) >= 11 is 0. The zero-order valence-corrected chi connectivity index (χ0v) is 5.70. The van der Waals surface area contributed by atoms with Gasteiger partial charge in [0.15, 0.2) is 0 Å². The second-order valence-corrected chi connectivity index (χ2v) is 2.16. The molecule has 0 radical (unpaired) electrons. The first-order valence-corrected chi connectivity index (χ1v) is 3.06. The van der Waals surface area contributed by atoms with Crippen LogP contribution in [0, 0.1) is 4.91 Å². The van der Waals surface area contributed by atoms with Gasteiger partial charge in [-0.1, -0.05) is 4.91 Å². The lowest BCUT2D eigenvalue weighted by atomic mass is 10.3. The average Bonchev–Trinajstić information content (AvgIpc) is 2.48. The van der Waals surface area contributed by atoms with E-state index in [1.807, 2.05) is 0 Å². The maximum atomic E-state index is 11.0. The highest BCUT2D eigenvalue weighted by Gasteiger charge is 2.40. The number of hydrogen-bond donors (Lipinski definition) is 2. The van der Waals surface area contributed by atoms with Gasteiger partial charge in [-0.05, 0) is 0 Å². The molecule has 0 aliphatic carbocycles. The van der Waals surface area contributed by atoms with Crippen LogP contribution < -0.4 is 5.32 Å². The number of nitroso groups, excluding NO2 is 1. The first-order chi connectivity index (χ1) is 5.70. The van der Waals surface area contributed by atoms with Crippen LogP contribution in [-0.2, 0) is 0 Å². The molecule has 2 heterocycles. The minimum absolute atomic E-state index is 0.00426. The number of aromatic nitrogens is 2. The van der Waals surface area contributed by atoms with Crippen molar-refractivity contribution in [2.75, 3.05) is 5.32 Å². The first kappa shape index (κ1) is 6.65. The van der Waals surface area contributed by atoms with Crippen molar-refractivity contribution in [1.29, 1.82) is 0 Å². The molecule has 0 fully saturated rings. The Morgan fingerprint density at radius 1 is 1.42 bits per heavy atom. The highest BCUT2D eigenvalue weighted by atomic mass is 16.3. The standard InChI is InChI=1S/C5H2N4O3/c10-4-2-3(7-1-6-2)8-5(11)9(4)12/h1H,(H-,6,7,8,10,11,12)/p+1. The lowest BCUT2D eigenvalue weighted by Crippen LogP contribution is -2.35. The Labute approximate surface area is 65.4 Å². The van der Waals surface area contributed by atoms with Crippen molar-refractivity contribution < 1.29 is 14.3 Å². The molecule has 12 heavy (non-hydrogen) atoms. The summed E-state index contributed by atoms with van der Waals surface area (Å²) in [6.45, 7) is 0. The third-order valence-corrected chi connectivity index (χ3v) is 1.45. The highest BCUT2D eigenvalue weighted by molar-refractivity contribution is 6.04. The minimum Gasteiger partial charge on any atom is -0.335 e. The van der Waals surface area contributed by atoms with Crippen LogP contribution in [0.5, 0.6) is 0 Å². The molecule has 0 unspecified atom stereocenters. The van der Waals surface area contributed by atoms with Gasteiger partial charge in [0.05, 0.1) is 11.1 Å². The molecule has 2 rings (SSSR count). The van der Waals surface area contributed by atoms with Gasteiger partial charge in [0, 0.05) is 0 Å². The number of hydrogen-bond acceptors (Lipinski definition) is 4. The van der Waals surface area contributed by atoms with E-state index in [1.165, 1.54) is 6.33 Å². The van der Waals surface area contributed by atoms with Crippen LogP contribution >= 0.6 is 0 Å². The fraction of sp³-hybridized carbons (Fsp3) is 0. The van der Waals surface area contributed by atoms with Crippen LogP contribution in [0.1, 0.15) is 10.5 Å². The molecule has 2 N–H and O–H groups in total. The van der Waals surface area contributed by atoms with Gasteiger partial charge in [0.2, 0.25) is 5.69 Å². The van der Waals surface area contributed by atoms with Gasteiger partial charge in [-0.15, -0.1) is 0 Å². The third-order valence-electron chi connectivity index (χ3n) is 1.45. The molecule has 0 bridgehead atoms. The smallest absolute Gasteiger partial charge is 0.335 e. The number of carbonyl (C=O) groups excluding carboxylic acids is 2. The van der Waals surface area contributed by atoms with Crippen molar-refractivity contribution in [2.45, 2.75) is 0 Å². The number of anilines is 1. The summed E-state index contributed by atoms with van der Waals surface area (Å²) in [5, 5.41) is 2.13. The second kappa shape index (κ2) is 1.97. The maximum Gasteiger partial charge on any atom is 0.544 e. The van der Waals surface area contributed by atoms with E-state index in [4.69, 9.17) is 0 Å². The largest absolute Gasteiger partial charge is 0.544 e. The van der Waals surface area contributed by atoms with E-state index < -0.39 is 11.9 Å². The molecule has 0 saturated carbocycles. The molecule has 0 atom stereocenters. The fourth-order valence-electron chi connectivity index (χ4n) is 0.898. The van der Waals surface area contributed by atoms with Gasteiger partial charge in [-0.3, -0.25) is 0 Å². The monoisotopic (exact) mass is 167 g/mol. The van der Waals surface area contributed by atoms with Crippen LogP contribution in [0.2, 0.25) is 0 Å². The molecule has 0 spiro atoms. The van der Waals surface area contributed by atoms with Crippen molar-refractivity contribution in [2.24, 2.45) is 0 Å². The number of urea groups is 1. The second-order valence-electron chi connectivity index (χ2n) is 2.16. The molecule has 7 heteroatoms. The minimum atomic E-state index is -1.01. The Morgan fingerprint density at radius 2 is 2.17 bits per heavy atom. The lowest BCUT2D eigenvalue weighted by Gasteiger charge is -1.99. The number of amides is 3. The van der Waals surface area contributed by atoms with Gasteiger partial charge in [-0.25, -0.2) is 4.79 Å². The van der Waals surface area contributed by atoms with Crippen LogP contribution in [0.3, 0.4) is 0 Å². The van der Waals surface area contributed by atoms with Crippen molar-refractivity contribution >= 4 is 17.8 Å². The predicted octanol–water partition coefficient (Wildman–Crippen LogP) is -0.126. The molecule has 0 saturated heterocycles. The van der Waals surface area contributed by atoms with Crippen LogP contribution in [0.15, 0.2) is 6.33 Å². The van der Waals surface area contributed by atoms with Crippen molar-refractivity contribution in [3.05, 3.63) is 16.9 Å². The molecule has 60 valence electrons. The predicted molar refractivity (Wildman–Crippen MR) is 35.6 cm³/mol. The zero-order chi connectivity index (χ0) is 8.72. The molecular weight excluding hydrogens is 164 g/mol. The molecule has 7 nitrogen and oxygen atoms in total. The summed E-state index contributed by atoms with van der Waals surface area (Å²) in [5.41, 5.74) is 0.00426. The van der Waals surface area contributed by atoms with Crippen molar-refractivity contribution in [1.82, 2.24) is 9.97 Å². The summed E-state index contributed by atoms with van der Waals surface area (Å²) in [7, 11) is 0. The number of fused-ring (bicyclic) bond motifs is 1. The number of aromatic amines is 1. The Hall–Kier alpha value is -2.05. The van der Waals surface area contributed by atoms with E-state index in [-0.39, 0.29) is 16.3 Å². The molecular formula is C5H3N4O3+. The molecule has 1 aliphatic heterocycles. The van der Waals surface area contributed by atoms with Gasteiger partial charge >= 0.3 is 11.9 Å². The summed E-state index contributed by atoms with van der Waals surface area (Å²) in [6, 6.07) is -1.01. The van der Waals surface area contributed by atoms with Crippen molar-refractivity contribution in [3.63, 3.8) is 0 Å². The molecule has 0 aromatic carbocycles. The van der Waals surface area contributed by atoms with E-state index in [1.54, 1.807) is 0 Å². The third kappa shape index (κ3) is 0.669. The molecule has 1 aliphatic rings. The van der Waals surface area contributed by atoms with Gasteiger partial charge in [-0.2, -0.15) is 15.1 Å². The van der Waals surface area contributed by atoms with Crippen LogP contribution in [0.25, 0.3) is 0 Å². The summed E-state index contributed by atoms with van der Waals surface area (Å²) < 4.78 is -0.263. The summed E-state index contributed by atoms with van der Waals surface area (Å²) in [5.74, 6) is -0.830. The zero-order valence-electron chi connectivity index (χ0n) is 5.70. The average molecular weight is 167 g/mol. The summed E-state index contributed by atoms with van der Waals surface area (Å²) in [6.07, 6.45) is 1.22. The Kier molecular flexibility index (Phi) is 1.09. The van der Waals surface area contributed by atoms with Gasteiger partial charge in [0.25, 0.3) is 5.82 Å². The Bertz CT molecular complexity index is 393. The Morgan fingerprint density at radius 3 is 2.92 bits per heavy atom. The van der Waals surface area contributed by atoms with Crippen LogP contribution in [-0.4, -0.2) is 26.7 Å². The van der Waals surface area contributed by atoms with E-state index in [2.05, 4.69) is 15.3 Å². The molecule has 1 aromatic rings. The Balaban J connectivity index is 2.60. The number of imide groups is 1. The quantitative estimate of drug-likeness (QED) is 0.526. The number of imidazole rings is 1. The molecule has 1 aromatic heterocycles. The lowest BCUT2D eigenvalue weighted by molar-refractivity contribution is -0.345. The first-order valence-electron chi connectivity index (χ1n) is 3.06. The van der Waals surface area contributed by atoms with Crippen molar-refractivity contribution in [3.8, 4) is 0 Å². The molecule has 3 amide bonds. The van der Waals surface area contributed by atoms with E-state index in [0.29, 0.717) is 0 Å². The van der Waals surface area contributed by atoms with E-state index >= 15 is 0 Å².